The first-order chi connectivity index (χ1) is 11.0. The Labute approximate surface area is 131 Å². The summed E-state index contributed by atoms with van der Waals surface area (Å²) in [7, 11) is -4.88. The maximum Gasteiger partial charge on any atom is 0.469 e. The Hall–Kier alpha value is -1.86. The fraction of sp³-hybridized carbons (Fsp3) is 0.500. The van der Waals surface area contributed by atoms with Crippen molar-refractivity contribution in [3.05, 3.63) is 32.6 Å². The van der Waals surface area contributed by atoms with Crippen LogP contribution in [0, 0.1) is 0 Å². The molecule has 14 heteroatoms. The van der Waals surface area contributed by atoms with E-state index in [0.29, 0.717) is 10.6 Å². The van der Waals surface area contributed by atoms with Gasteiger partial charge in [-0.2, -0.15) is 0 Å². The summed E-state index contributed by atoms with van der Waals surface area (Å²) in [5, 5.41) is 28.8. The number of aromatic nitrogens is 2. The summed E-state index contributed by atoms with van der Waals surface area (Å²) in [6.07, 6.45) is -6.74. The van der Waals surface area contributed by atoms with E-state index < -0.39 is 61.9 Å². The molecule has 1 aliphatic heterocycles. The quantitative estimate of drug-likeness (QED) is 0.288. The van der Waals surface area contributed by atoms with Gasteiger partial charge >= 0.3 is 19.5 Å². The van der Waals surface area contributed by atoms with Gasteiger partial charge in [-0.1, -0.05) is 0 Å². The molecule has 24 heavy (non-hydrogen) atoms. The van der Waals surface area contributed by atoms with E-state index in [4.69, 9.17) is 19.6 Å². The number of aromatic carboxylic acids is 1. The molecule has 6 N–H and O–H groups in total. The molecule has 0 amide bonds. The Morgan fingerprint density at radius 1 is 1.33 bits per heavy atom. The highest BCUT2D eigenvalue weighted by atomic mass is 31.2. The minimum Gasteiger partial charge on any atom is -0.477 e. The van der Waals surface area contributed by atoms with Gasteiger partial charge in [-0.25, -0.2) is 14.2 Å². The van der Waals surface area contributed by atoms with Gasteiger partial charge < -0.3 is 29.8 Å². The highest BCUT2D eigenvalue weighted by Gasteiger charge is 2.46. The molecule has 2 rings (SSSR count). The highest BCUT2D eigenvalue weighted by Crippen LogP contribution is 2.38. The lowest BCUT2D eigenvalue weighted by Crippen LogP contribution is -2.40. The van der Waals surface area contributed by atoms with E-state index in [9.17, 15) is 29.2 Å². The highest BCUT2D eigenvalue weighted by molar-refractivity contribution is 7.46. The van der Waals surface area contributed by atoms with Crippen molar-refractivity contribution in [2.45, 2.75) is 24.5 Å². The van der Waals surface area contributed by atoms with Gasteiger partial charge in [-0.15, -0.1) is 0 Å². The zero-order valence-corrected chi connectivity index (χ0v) is 12.6. The number of phosphoric ester groups is 1. The summed E-state index contributed by atoms with van der Waals surface area (Å²) >= 11 is 0. The first kappa shape index (κ1) is 18.5. The molecule has 0 aromatic carbocycles. The van der Waals surface area contributed by atoms with Crippen molar-refractivity contribution >= 4 is 13.8 Å². The van der Waals surface area contributed by atoms with Gasteiger partial charge in [0.1, 0.15) is 24.0 Å². The van der Waals surface area contributed by atoms with Crippen LogP contribution in [-0.4, -0.2) is 65.5 Å². The number of nitrogens with zero attached hydrogens (tertiary/aromatic N) is 1. The normalized spacial score (nSPS) is 27.3. The Morgan fingerprint density at radius 3 is 2.50 bits per heavy atom. The number of aliphatic hydroxyl groups excluding tert-OH is 2. The number of rotatable bonds is 5. The van der Waals surface area contributed by atoms with Gasteiger partial charge in [-0.05, 0) is 0 Å². The predicted octanol–water partition coefficient (Wildman–Crippen LogP) is -3.04. The molecule has 1 fully saturated rings. The third kappa shape index (κ3) is 3.79. The van der Waals surface area contributed by atoms with Gasteiger partial charge in [0.2, 0.25) is 0 Å². The molecule has 0 aliphatic carbocycles. The summed E-state index contributed by atoms with van der Waals surface area (Å²) < 4.78 is 20.3. The van der Waals surface area contributed by atoms with E-state index in [1.54, 1.807) is 4.98 Å². The average molecular weight is 368 g/mol. The van der Waals surface area contributed by atoms with Crippen molar-refractivity contribution < 1.29 is 43.7 Å². The molecule has 0 unspecified atom stereocenters. The lowest BCUT2D eigenvalue weighted by Gasteiger charge is -2.19. The molecule has 1 aromatic rings. The zero-order chi connectivity index (χ0) is 18.2. The molecular weight excluding hydrogens is 355 g/mol. The Morgan fingerprint density at radius 2 is 1.96 bits per heavy atom. The number of hydrogen-bond donors (Lipinski definition) is 6. The fourth-order valence-corrected chi connectivity index (χ4v) is 2.51. The van der Waals surface area contributed by atoms with E-state index in [2.05, 4.69) is 4.52 Å². The van der Waals surface area contributed by atoms with Gasteiger partial charge in [0.25, 0.3) is 5.56 Å². The Kier molecular flexibility index (Phi) is 5.05. The van der Waals surface area contributed by atoms with Crippen LogP contribution in [0.4, 0.5) is 0 Å². The minimum atomic E-state index is -4.88. The van der Waals surface area contributed by atoms with E-state index >= 15 is 0 Å². The van der Waals surface area contributed by atoms with Crippen LogP contribution < -0.4 is 11.2 Å². The predicted molar refractivity (Wildman–Crippen MR) is 72.2 cm³/mol. The second kappa shape index (κ2) is 6.57. The van der Waals surface area contributed by atoms with Gasteiger partial charge in [0, 0.05) is 6.07 Å². The van der Waals surface area contributed by atoms with Crippen LogP contribution in [0.5, 0.6) is 0 Å². The van der Waals surface area contributed by atoms with E-state index in [1.165, 1.54) is 0 Å². The molecular formula is C10H13N2O11P. The maximum absolute atomic E-state index is 11.8. The Balaban J connectivity index is 2.37. The lowest BCUT2D eigenvalue weighted by molar-refractivity contribution is -0.0555. The van der Waals surface area contributed by atoms with Crippen molar-refractivity contribution in [1.82, 2.24) is 9.55 Å². The first-order valence-electron chi connectivity index (χ1n) is 6.32. The largest absolute Gasteiger partial charge is 0.477 e. The van der Waals surface area contributed by atoms with Crippen LogP contribution in [0.1, 0.15) is 16.7 Å². The fourth-order valence-electron chi connectivity index (χ4n) is 2.17. The molecule has 13 nitrogen and oxygen atoms in total. The molecule has 134 valence electrons. The van der Waals surface area contributed by atoms with Crippen LogP contribution in [0.3, 0.4) is 0 Å². The molecule has 2 heterocycles. The van der Waals surface area contributed by atoms with E-state index in [-0.39, 0.29) is 0 Å². The Bertz CT molecular complexity index is 795. The van der Waals surface area contributed by atoms with Crippen LogP contribution in [0.2, 0.25) is 0 Å². The number of carbonyl (C=O) groups is 1. The number of nitrogens with one attached hydrogen (secondary N) is 1. The number of aromatic amines is 1. The molecule has 0 spiro atoms. The van der Waals surface area contributed by atoms with Crippen molar-refractivity contribution in [1.29, 1.82) is 0 Å². The topological polar surface area (TPSA) is 209 Å². The number of H-pyrrole nitrogens is 1. The number of hydrogen-bond acceptors (Lipinski definition) is 8. The minimum absolute atomic E-state index is 0.398. The number of aliphatic hydroxyl groups is 2. The second-order valence-electron chi connectivity index (χ2n) is 4.83. The number of ether oxygens (including phenoxy) is 1. The summed E-state index contributed by atoms with van der Waals surface area (Å²) in [6.45, 7) is -0.834. The van der Waals surface area contributed by atoms with Gasteiger partial charge in [-0.3, -0.25) is 18.9 Å². The van der Waals surface area contributed by atoms with Crippen molar-refractivity contribution in [3.63, 3.8) is 0 Å². The monoisotopic (exact) mass is 368 g/mol. The molecule has 1 aromatic heterocycles. The standard InChI is InChI=1S/C10H13N2O11P/c13-5-1-3(9(16)17)12(10(18)11-5)8-7(15)6(14)4(23-8)2-22-24(19,20)21/h1,4,6-8,14-15H,2H2,(H,16,17)(H,11,13,18)(H2,19,20,21)/t4-,6-,7+,8-/m1/s1. The van der Waals surface area contributed by atoms with E-state index in [0.717, 1.165) is 0 Å². The van der Waals surface area contributed by atoms with Crippen molar-refractivity contribution in [2.75, 3.05) is 6.61 Å². The summed E-state index contributed by atoms with van der Waals surface area (Å²) in [6, 6.07) is 0.575. The maximum atomic E-state index is 11.8. The number of phosphoric acid groups is 1. The van der Waals surface area contributed by atoms with Crippen LogP contribution in [0.25, 0.3) is 0 Å². The SMILES string of the molecule is O=C(O)c1cc(=O)[nH]c(=O)n1[C@@H]1O[C@H](COP(=O)(O)O)[C@@H](O)[C@@H]1O. The smallest absolute Gasteiger partial charge is 0.469 e. The first-order valence-corrected chi connectivity index (χ1v) is 7.85. The number of carboxylic acids is 1. The van der Waals surface area contributed by atoms with Crippen LogP contribution in [-0.2, 0) is 13.8 Å². The molecule has 0 radical (unpaired) electrons. The third-order valence-electron chi connectivity index (χ3n) is 3.19. The molecule has 1 saturated heterocycles. The summed E-state index contributed by atoms with van der Waals surface area (Å²) in [4.78, 5) is 53.2. The molecule has 4 atom stereocenters. The third-order valence-corrected chi connectivity index (χ3v) is 3.68. The van der Waals surface area contributed by atoms with Crippen molar-refractivity contribution in [3.8, 4) is 0 Å². The van der Waals surface area contributed by atoms with E-state index in [1.807, 2.05) is 0 Å². The van der Waals surface area contributed by atoms with Crippen LogP contribution in [0.15, 0.2) is 15.7 Å². The zero-order valence-electron chi connectivity index (χ0n) is 11.7. The second-order valence-corrected chi connectivity index (χ2v) is 6.07. The number of carboxylic acid groups (broad SMARTS) is 1. The molecule has 1 aliphatic rings. The van der Waals surface area contributed by atoms with Crippen molar-refractivity contribution in [2.24, 2.45) is 0 Å². The summed E-state index contributed by atoms with van der Waals surface area (Å²) in [5.74, 6) is -1.67. The molecule has 0 saturated carbocycles. The average Bonchev–Trinajstić information content (AvgIpc) is 2.71. The summed E-state index contributed by atoms with van der Waals surface area (Å²) in [5.41, 5.74) is -3.02. The molecule has 0 bridgehead atoms. The van der Waals surface area contributed by atoms with Gasteiger partial charge in [0.05, 0.1) is 6.61 Å². The lowest BCUT2D eigenvalue weighted by atomic mass is 10.1. The van der Waals surface area contributed by atoms with Gasteiger partial charge in [0.15, 0.2) is 6.23 Å². The van der Waals surface area contributed by atoms with Crippen LogP contribution >= 0.6 is 7.82 Å².